The molecule has 0 aromatic heterocycles. The van der Waals surface area contributed by atoms with E-state index in [4.69, 9.17) is 4.74 Å². The number of morpholine rings is 1. The molecule has 0 radical (unpaired) electrons. The Morgan fingerprint density at radius 1 is 1.24 bits per heavy atom. The van der Waals surface area contributed by atoms with Crippen molar-refractivity contribution in [3.8, 4) is 0 Å². The predicted octanol–water partition coefficient (Wildman–Crippen LogP) is 2.22. The first-order valence-electron chi connectivity index (χ1n) is 7.63. The molecule has 0 bridgehead atoms. The number of nitrogens with one attached hydrogen (secondary N) is 1. The Balaban J connectivity index is 2.07. The van der Waals surface area contributed by atoms with Crippen LogP contribution in [0.1, 0.15) is 32.4 Å². The zero-order valence-corrected chi connectivity index (χ0v) is 13.3. The predicted molar refractivity (Wildman–Crippen MR) is 84.0 cm³/mol. The molecule has 0 spiro atoms. The van der Waals surface area contributed by atoms with Crippen LogP contribution in [0.5, 0.6) is 0 Å². The second-order valence-corrected chi connectivity index (χ2v) is 6.53. The highest BCUT2D eigenvalue weighted by atomic mass is 16.5. The minimum absolute atomic E-state index is 0.0942. The Hall–Kier alpha value is -1.39. The van der Waals surface area contributed by atoms with Gasteiger partial charge in [0.05, 0.1) is 19.3 Å². The monoisotopic (exact) mass is 290 g/mol. The molecule has 1 N–H and O–H groups in total. The van der Waals surface area contributed by atoms with Crippen LogP contribution in [0.4, 0.5) is 0 Å². The lowest BCUT2D eigenvalue weighted by Gasteiger charge is -2.35. The maximum Gasteiger partial charge on any atom is 0.225 e. The molecule has 1 aliphatic heterocycles. The molecule has 0 aliphatic carbocycles. The van der Waals surface area contributed by atoms with Crippen molar-refractivity contribution in [3.63, 3.8) is 0 Å². The molecule has 1 fully saturated rings. The van der Waals surface area contributed by atoms with E-state index in [1.54, 1.807) is 0 Å². The van der Waals surface area contributed by atoms with Gasteiger partial charge in [0.1, 0.15) is 0 Å². The van der Waals surface area contributed by atoms with E-state index in [-0.39, 0.29) is 17.4 Å². The van der Waals surface area contributed by atoms with Crippen LogP contribution in [0.2, 0.25) is 0 Å². The summed E-state index contributed by atoms with van der Waals surface area (Å²) in [5, 5.41) is 3.10. The number of hydrogen-bond donors (Lipinski definition) is 1. The quantitative estimate of drug-likeness (QED) is 0.924. The molecule has 1 atom stereocenters. The van der Waals surface area contributed by atoms with E-state index in [0.29, 0.717) is 6.54 Å². The van der Waals surface area contributed by atoms with E-state index in [1.165, 1.54) is 5.56 Å². The van der Waals surface area contributed by atoms with E-state index >= 15 is 0 Å². The lowest BCUT2D eigenvalue weighted by Crippen LogP contribution is -2.45. The third kappa shape index (κ3) is 4.55. The molecule has 4 nitrogen and oxygen atoms in total. The fraction of sp³-hybridized carbons (Fsp3) is 0.588. The normalized spacial score (nSPS) is 18.2. The molecule has 1 heterocycles. The summed E-state index contributed by atoms with van der Waals surface area (Å²) >= 11 is 0. The van der Waals surface area contributed by atoms with Gasteiger partial charge in [-0.3, -0.25) is 9.69 Å². The second kappa shape index (κ2) is 7.05. The molecule has 4 heteroatoms. The lowest BCUT2D eigenvalue weighted by atomic mass is 9.95. The maximum atomic E-state index is 12.1. The zero-order valence-electron chi connectivity index (χ0n) is 13.3. The van der Waals surface area contributed by atoms with Gasteiger partial charge in [-0.15, -0.1) is 0 Å². The Kier molecular flexibility index (Phi) is 5.37. The van der Waals surface area contributed by atoms with Gasteiger partial charge in [0.15, 0.2) is 0 Å². The number of benzene rings is 1. The molecular weight excluding hydrogens is 264 g/mol. The Morgan fingerprint density at radius 3 is 2.43 bits per heavy atom. The molecule has 1 saturated heterocycles. The van der Waals surface area contributed by atoms with Gasteiger partial charge in [-0.25, -0.2) is 0 Å². The van der Waals surface area contributed by atoms with E-state index in [9.17, 15) is 4.79 Å². The summed E-state index contributed by atoms with van der Waals surface area (Å²) in [6.45, 7) is 9.79. The van der Waals surface area contributed by atoms with Crippen molar-refractivity contribution >= 4 is 5.91 Å². The second-order valence-electron chi connectivity index (χ2n) is 6.53. The van der Waals surface area contributed by atoms with Crippen LogP contribution in [-0.2, 0) is 9.53 Å². The van der Waals surface area contributed by atoms with Crippen molar-refractivity contribution in [1.82, 2.24) is 10.2 Å². The first-order chi connectivity index (χ1) is 9.98. The summed E-state index contributed by atoms with van der Waals surface area (Å²) in [7, 11) is 0. The highest BCUT2D eigenvalue weighted by Crippen LogP contribution is 2.22. The highest BCUT2D eigenvalue weighted by Gasteiger charge is 2.26. The molecule has 1 aliphatic rings. The van der Waals surface area contributed by atoms with E-state index in [1.807, 2.05) is 39.0 Å². The first-order valence-corrected chi connectivity index (χ1v) is 7.63. The van der Waals surface area contributed by atoms with Crippen molar-refractivity contribution in [2.45, 2.75) is 26.8 Å². The summed E-state index contributed by atoms with van der Waals surface area (Å²) in [5.41, 5.74) is 0.889. The van der Waals surface area contributed by atoms with Crippen molar-refractivity contribution in [2.75, 3.05) is 32.8 Å². The van der Waals surface area contributed by atoms with Crippen LogP contribution in [0.25, 0.3) is 0 Å². The van der Waals surface area contributed by atoms with Crippen LogP contribution in [-0.4, -0.2) is 43.7 Å². The molecule has 0 saturated carbocycles. The maximum absolute atomic E-state index is 12.1. The SMILES string of the molecule is CC(C)(C)C(=O)NCC(c1ccccc1)N1CCOCC1. The minimum Gasteiger partial charge on any atom is -0.379 e. The highest BCUT2D eigenvalue weighted by molar-refractivity contribution is 5.81. The Morgan fingerprint density at radius 2 is 1.86 bits per heavy atom. The van der Waals surface area contributed by atoms with Gasteiger partial charge in [-0.1, -0.05) is 51.1 Å². The van der Waals surface area contributed by atoms with Gasteiger partial charge < -0.3 is 10.1 Å². The van der Waals surface area contributed by atoms with Gasteiger partial charge in [0.2, 0.25) is 5.91 Å². The number of nitrogens with zero attached hydrogens (tertiary/aromatic N) is 1. The number of carbonyl (C=O) groups is 1. The van der Waals surface area contributed by atoms with Crippen LogP contribution >= 0.6 is 0 Å². The van der Waals surface area contributed by atoms with E-state index in [0.717, 1.165) is 26.3 Å². The van der Waals surface area contributed by atoms with Gasteiger partial charge in [-0.2, -0.15) is 0 Å². The number of amides is 1. The molecule has 1 aromatic carbocycles. The van der Waals surface area contributed by atoms with Crippen LogP contribution in [0.3, 0.4) is 0 Å². The van der Waals surface area contributed by atoms with Gasteiger partial charge in [0, 0.05) is 25.0 Å². The average Bonchev–Trinajstić information content (AvgIpc) is 2.48. The number of rotatable bonds is 4. The topological polar surface area (TPSA) is 41.6 Å². The summed E-state index contributed by atoms with van der Waals surface area (Å²) in [6, 6.07) is 10.6. The van der Waals surface area contributed by atoms with Crippen molar-refractivity contribution in [2.24, 2.45) is 5.41 Å². The fourth-order valence-corrected chi connectivity index (χ4v) is 2.48. The summed E-state index contributed by atoms with van der Waals surface area (Å²) in [6.07, 6.45) is 0. The van der Waals surface area contributed by atoms with Gasteiger partial charge >= 0.3 is 0 Å². The summed E-state index contributed by atoms with van der Waals surface area (Å²) in [4.78, 5) is 14.5. The van der Waals surface area contributed by atoms with Crippen LogP contribution < -0.4 is 5.32 Å². The summed E-state index contributed by atoms with van der Waals surface area (Å²) < 4.78 is 5.44. The Labute approximate surface area is 127 Å². The molecule has 21 heavy (non-hydrogen) atoms. The van der Waals surface area contributed by atoms with E-state index in [2.05, 4.69) is 22.3 Å². The van der Waals surface area contributed by atoms with Crippen molar-refractivity contribution in [1.29, 1.82) is 0 Å². The molecule has 2 rings (SSSR count). The minimum atomic E-state index is -0.355. The first kappa shape index (κ1) is 16.0. The third-order valence-corrected chi connectivity index (χ3v) is 3.81. The zero-order chi connectivity index (χ0) is 15.3. The van der Waals surface area contributed by atoms with Gasteiger partial charge in [0.25, 0.3) is 0 Å². The largest absolute Gasteiger partial charge is 0.379 e. The number of carbonyl (C=O) groups excluding carboxylic acids is 1. The van der Waals surface area contributed by atoms with Crippen LogP contribution in [0.15, 0.2) is 30.3 Å². The average molecular weight is 290 g/mol. The standard InChI is InChI=1S/C17H26N2O2/c1-17(2,3)16(20)18-13-15(14-7-5-4-6-8-14)19-9-11-21-12-10-19/h4-8,15H,9-13H2,1-3H3,(H,18,20). The van der Waals surface area contributed by atoms with Gasteiger partial charge in [-0.05, 0) is 5.56 Å². The van der Waals surface area contributed by atoms with Crippen molar-refractivity contribution in [3.05, 3.63) is 35.9 Å². The molecule has 1 aromatic rings. The van der Waals surface area contributed by atoms with E-state index < -0.39 is 0 Å². The molecular formula is C17H26N2O2. The third-order valence-electron chi connectivity index (χ3n) is 3.81. The fourth-order valence-electron chi connectivity index (χ4n) is 2.48. The Bertz CT molecular complexity index is 448. The lowest BCUT2D eigenvalue weighted by molar-refractivity contribution is -0.128. The van der Waals surface area contributed by atoms with Crippen molar-refractivity contribution < 1.29 is 9.53 Å². The molecule has 1 amide bonds. The number of ether oxygens (including phenoxy) is 1. The summed E-state index contributed by atoms with van der Waals surface area (Å²) in [5.74, 6) is 0.0942. The molecule has 1 unspecified atom stereocenters. The van der Waals surface area contributed by atoms with Crippen LogP contribution in [0, 0.1) is 5.41 Å². The molecule has 116 valence electrons. The smallest absolute Gasteiger partial charge is 0.225 e. The number of hydrogen-bond acceptors (Lipinski definition) is 3.